The molecule has 2 amide bonds. The van der Waals surface area contributed by atoms with Gasteiger partial charge in [-0.2, -0.15) is 0 Å². The fraction of sp³-hybridized carbons (Fsp3) is 0.500. The van der Waals surface area contributed by atoms with Crippen LogP contribution < -0.4 is 20.1 Å². The molecule has 322 valence electrons. The van der Waals surface area contributed by atoms with Crippen LogP contribution in [0.25, 0.3) is 0 Å². The highest BCUT2D eigenvalue weighted by Crippen LogP contribution is 2.36. The number of piperidine rings is 2. The first-order valence-electron chi connectivity index (χ1n) is 22.7. The van der Waals surface area contributed by atoms with E-state index < -0.39 is 0 Å². The number of methoxy groups -OCH3 is 2. The Morgan fingerprint density at radius 3 is 1.20 bits per heavy atom. The van der Waals surface area contributed by atoms with Crippen molar-refractivity contribution in [1.29, 1.82) is 0 Å². The Bertz CT molecular complexity index is 1700. The van der Waals surface area contributed by atoms with E-state index >= 15 is 0 Å². The second-order valence-electron chi connectivity index (χ2n) is 17.3. The molecule has 0 spiro atoms. The smallest absolute Gasteiger partial charge is 0.220 e. The van der Waals surface area contributed by atoms with Gasteiger partial charge in [0.25, 0.3) is 0 Å². The highest BCUT2D eigenvalue weighted by atomic mass is 16.5. The number of hydrogen-bond acceptors (Lipinski definition) is 6. The third kappa shape index (κ3) is 13.4. The van der Waals surface area contributed by atoms with Crippen LogP contribution in [-0.4, -0.2) is 88.2 Å². The second kappa shape index (κ2) is 23.4. The van der Waals surface area contributed by atoms with E-state index in [0.29, 0.717) is 25.9 Å². The van der Waals surface area contributed by atoms with Gasteiger partial charge in [-0.15, -0.1) is 0 Å². The van der Waals surface area contributed by atoms with Crippen LogP contribution in [0.1, 0.15) is 99.3 Å². The van der Waals surface area contributed by atoms with E-state index in [1.807, 2.05) is 24.3 Å². The van der Waals surface area contributed by atoms with Crippen LogP contribution in [0.15, 0.2) is 109 Å². The average molecular weight is 815 g/mol. The highest BCUT2D eigenvalue weighted by Gasteiger charge is 2.37. The normalized spacial score (nSPS) is 16.5. The fourth-order valence-corrected chi connectivity index (χ4v) is 9.28. The molecule has 2 saturated heterocycles. The van der Waals surface area contributed by atoms with E-state index in [1.165, 1.54) is 22.3 Å². The van der Waals surface area contributed by atoms with E-state index in [2.05, 4.69) is 105 Å². The van der Waals surface area contributed by atoms with Crippen LogP contribution in [0, 0.1) is 0 Å². The molecular formula is C52H70N4O4. The average Bonchev–Trinajstić information content (AvgIpc) is 3.31. The van der Waals surface area contributed by atoms with Crippen LogP contribution in [0.4, 0.5) is 0 Å². The first-order valence-corrected chi connectivity index (χ1v) is 22.7. The van der Waals surface area contributed by atoms with Gasteiger partial charge in [0.2, 0.25) is 11.8 Å². The van der Waals surface area contributed by atoms with Crippen LogP contribution in [-0.2, 0) is 33.3 Å². The summed E-state index contributed by atoms with van der Waals surface area (Å²) in [6.07, 6.45) is 13.5. The summed E-state index contributed by atoms with van der Waals surface area (Å²) in [5.74, 6) is 2.12. The Morgan fingerprint density at radius 2 is 0.850 bits per heavy atom. The molecule has 8 nitrogen and oxygen atoms in total. The number of likely N-dealkylation sites (tertiary alicyclic amines) is 2. The maximum absolute atomic E-state index is 13.1. The summed E-state index contributed by atoms with van der Waals surface area (Å²) in [5, 5.41) is 6.69. The van der Waals surface area contributed by atoms with Crippen molar-refractivity contribution in [3.8, 4) is 11.5 Å². The molecule has 0 radical (unpaired) electrons. The third-order valence-corrected chi connectivity index (χ3v) is 13.5. The molecule has 4 aromatic carbocycles. The standard InChI is InChI=1S/C52H70N4O4/c1-59-47-25-21-43(22-26-47)29-35-55-37-31-51(32-38-55,45-15-9-7-10-16-45)41-53-49(57)19-13-5-3-4-6-14-20-50(58)54-42-52(46-17-11-8-12-18-46)33-39-56(40-34-52)36-30-44-23-27-48(60-2)28-24-44/h7-12,15-18,21-28H,3-6,13-14,19-20,29-42H2,1-2H3,(H,53,57)(H,54,58). The fourth-order valence-electron chi connectivity index (χ4n) is 9.28. The van der Waals surface area contributed by atoms with Gasteiger partial charge in [0.1, 0.15) is 11.5 Å². The van der Waals surface area contributed by atoms with Crippen LogP contribution in [0.5, 0.6) is 11.5 Å². The van der Waals surface area contributed by atoms with Gasteiger partial charge >= 0.3 is 0 Å². The van der Waals surface area contributed by atoms with Crippen LogP contribution >= 0.6 is 0 Å². The van der Waals surface area contributed by atoms with Gasteiger partial charge in [0.05, 0.1) is 14.2 Å². The van der Waals surface area contributed by atoms with E-state index in [0.717, 1.165) is 128 Å². The quantitative estimate of drug-likeness (QED) is 0.0729. The number of unbranched alkanes of at least 4 members (excludes halogenated alkanes) is 5. The van der Waals surface area contributed by atoms with Crippen molar-refractivity contribution in [2.45, 2.75) is 101 Å². The lowest BCUT2D eigenvalue weighted by Crippen LogP contribution is -2.49. The summed E-state index contributed by atoms with van der Waals surface area (Å²) < 4.78 is 10.6. The minimum Gasteiger partial charge on any atom is -0.497 e. The Hall–Kier alpha value is -4.66. The van der Waals surface area contributed by atoms with Crippen molar-refractivity contribution in [3.05, 3.63) is 131 Å². The lowest BCUT2D eigenvalue weighted by atomic mass is 9.72. The maximum atomic E-state index is 13.1. The molecule has 0 aromatic heterocycles. The Morgan fingerprint density at radius 1 is 0.500 bits per heavy atom. The molecule has 0 aliphatic carbocycles. The molecular weight excluding hydrogens is 745 g/mol. The number of hydrogen-bond donors (Lipinski definition) is 2. The third-order valence-electron chi connectivity index (χ3n) is 13.5. The number of nitrogens with one attached hydrogen (secondary N) is 2. The number of rotatable bonds is 23. The van der Waals surface area contributed by atoms with Crippen molar-refractivity contribution in [2.75, 3.05) is 66.6 Å². The minimum atomic E-state index is -0.0294. The molecule has 8 heteroatoms. The molecule has 2 aliphatic heterocycles. The van der Waals surface area contributed by atoms with Crippen molar-refractivity contribution < 1.29 is 19.1 Å². The minimum absolute atomic E-state index is 0.0294. The van der Waals surface area contributed by atoms with Crippen molar-refractivity contribution >= 4 is 11.8 Å². The predicted molar refractivity (Wildman–Crippen MR) is 244 cm³/mol. The molecule has 4 aromatic rings. The van der Waals surface area contributed by atoms with E-state index in [9.17, 15) is 9.59 Å². The molecule has 0 saturated carbocycles. The summed E-state index contributed by atoms with van der Waals surface area (Å²) in [6.45, 7) is 7.60. The first-order chi connectivity index (χ1) is 29.4. The van der Waals surface area contributed by atoms with Crippen molar-refractivity contribution in [3.63, 3.8) is 0 Å². The highest BCUT2D eigenvalue weighted by molar-refractivity contribution is 5.76. The molecule has 6 rings (SSSR count). The van der Waals surface area contributed by atoms with Gasteiger partial charge in [0.15, 0.2) is 0 Å². The summed E-state index contributed by atoms with van der Waals surface area (Å²) in [7, 11) is 3.41. The predicted octanol–water partition coefficient (Wildman–Crippen LogP) is 8.91. The van der Waals surface area contributed by atoms with Crippen LogP contribution in [0.2, 0.25) is 0 Å². The monoisotopic (exact) mass is 815 g/mol. The first kappa shape index (κ1) is 44.9. The molecule has 0 atom stereocenters. The lowest BCUT2D eigenvalue weighted by molar-refractivity contribution is -0.122. The number of nitrogens with zero attached hydrogens (tertiary/aromatic N) is 2. The van der Waals surface area contributed by atoms with Gasteiger partial charge < -0.3 is 29.9 Å². The number of carbonyl (C=O) groups excluding carboxylic acids is 2. The lowest BCUT2D eigenvalue weighted by Gasteiger charge is -2.42. The van der Waals surface area contributed by atoms with E-state index in [-0.39, 0.29) is 22.6 Å². The topological polar surface area (TPSA) is 83.1 Å². The second-order valence-corrected chi connectivity index (χ2v) is 17.3. The van der Waals surface area contributed by atoms with Crippen molar-refractivity contribution in [2.24, 2.45) is 0 Å². The SMILES string of the molecule is COc1ccc(CCN2CCC(CNC(=O)CCCCCCCCC(=O)NCC3(c4ccccc4)CCN(CCc4ccc(OC)cc4)CC3)(c3ccccc3)CC2)cc1. The number of amides is 2. The zero-order valence-electron chi connectivity index (χ0n) is 36.5. The Balaban J connectivity index is 0.839. The summed E-state index contributed by atoms with van der Waals surface area (Å²) in [5.41, 5.74) is 5.28. The van der Waals surface area contributed by atoms with Gasteiger partial charge in [-0.1, -0.05) is 111 Å². The number of benzene rings is 4. The number of carbonyl (C=O) groups is 2. The largest absolute Gasteiger partial charge is 0.497 e. The van der Waals surface area contributed by atoms with E-state index in [1.54, 1.807) is 14.2 Å². The van der Waals surface area contributed by atoms with Crippen LogP contribution in [0.3, 0.4) is 0 Å². The molecule has 2 fully saturated rings. The molecule has 0 unspecified atom stereocenters. The summed E-state index contributed by atoms with van der Waals surface area (Å²) in [6, 6.07) is 38.4. The maximum Gasteiger partial charge on any atom is 0.220 e. The van der Waals surface area contributed by atoms with Gasteiger partial charge in [-0.3, -0.25) is 9.59 Å². The van der Waals surface area contributed by atoms with Gasteiger partial charge in [-0.05, 0) is 124 Å². The van der Waals surface area contributed by atoms with Crippen molar-refractivity contribution in [1.82, 2.24) is 20.4 Å². The molecule has 2 N–H and O–H groups in total. The molecule has 2 heterocycles. The number of ether oxygens (including phenoxy) is 2. The zero-order chi connectivity index (χ0) is 41.9. The Labute approximate surface area is 360 Å². The zero-order valence-corrected chi connectivity index (χ0v) is 36.5. The van der Waals surface area contributed by atoms with E-state index in [4.69, 9.17) is 9.47 Å². The molecule has 0 bridgehead atoms. The summed E-state index contributed by atoms with van der Waals surface area (Å²) in [4.78, 5) is 31.3. The van der Waals surface area contributed by atoms with Gasteiger partial charge in [0, 0.05) is 49.9 Å². The molecule has 2 aliphatic rings. The Kier molecular flexibility index (Phi) is 17.5. The summed E-state index contributed by atoms with van der Waals surface area (Å²) >= 11 is 0. The molecule has 60 heavy (non-hydrogen) atoms. The van der Waals surface area contributed by atoms with Gasteiger partial charge in [-0.25, -0.2) is 0 Å².